The van der Waals surface area contributed by atoms with Crippen LogP contribution in [0.3, 0.4) is 0 Å². The Balaban J connectivity index is 1.56. The SMILES string of the molecule is C[C@@H]1C(=O)N[C@H](Cc2cc(F)cc(F)c2)C(=O)NCCCc2ccccc2OCCN[C@@H](C2CC2)C(=O)N1C. The zero-order chi connectivity index (χ0) is 27.9. The smallest absolute Gasteiger partial charge is 0.243 e. The molecule has 8 nitrogen and oxygen atoms in total. The summed E-state index contributed by atoms with van der Waals surface area (Å²) < 4.78 is 33.7. The van der Waals surface area contributed by atoms with Gasteiger partial charge in [-0.15, -0.1) is 0 Å². The summed E-state index contributed by atoms with van der Waals surface area (Å²) in [5.74, 6) is -1.81. The molecule has 1 fully saturated rings. The van der Waals surface area contributed by atoms with Crippen LogP contribution in [0.1, 0.15) is 37.3 Å². The second kappa shape index (κ2) is 13.0. The zero-order valence-corrected chi connectivity index (χ0v) is 22.3. The van der Waals surface area contributed by atoms with Crippen molar-refractivity contribution in [2.75, 3.05) is 26.7 Å². The highest BCUT2D eigenvalue weighted by Crippen LogP contribution is 2.33. The standard InChI is InChI=1S/C29H36F2N4O4/c1-18-27(36)34-24(16-19-14-22(30)17-23(31)15-19)28(37)33-11-5-7-20-6-3-4-8-25(20)39-13-12-32-26(21-9-10-21)29(38)35(18)2/h3-4,6,8,14-15,17-18,21,24,26,32H,5,7,9-13,16H2,1-2H3,(H,33,37)(H,34,36)/t18-,24-,26+/m1/s1. The molecule has 1 aliphatic heterocycles. The Morgan fingerprint density at radius 3 is 2.44 bits per heavy atom. The van der Waals surface area contributed by atoms with E-state index in [4.69, 9.17) is 4.74 Å². The van der Waals surface area contributed by atoms with Gasteiger partial charge in [0.05, 0.1) is 6.04 Å². The third kappa shape index (κ3) is 7.75. The van der Waals surface area contributed by atoms with Gasteiger partial charge in [0, 0.05) is 32.6 Å². The first-order valence-electron chi connectivity index (χ1n) is 13.5. The quantitative estimate of drug-likeness (QED) is 0.553. The minimum absolute atomic E-state index is 0.112. The van der Waals surface area contributed by atoms with E-state index < -0.39 is 41.6 Å². The topological polar surface area (TPSA) is 99.8 Å². The van der Waals surface area contributed by atoms with E-state index in [0.29, 0.717) is 32.5 Å². The second-order valence-corrected chi connectivity index (χ2v) is 10.3. The maximum Gasteiger partial charge on any atom is 0.243 e. The fourth-order valence-electron chi connectivity index (χ4n) is 4.78. The van der Waals surface area contributed by atoms with E-state index in [1.54, 1.807) is 14.0 Å². The summed E-state index contributed by atoms with van der Waals surface area (Å²) in [4.78, 5) is 41.1. The predicted molar refractivity (Wildman–Crippen MR) is 142 cm³/mol. The van der Waals surface area contributed by atoms with Gasteiger partial charge in [-0.3, -0.25) is 14.4 Å². The average molecular weight is 543 g/mol. The van der Waals surface area contributed by atoms with Crippen molar-refractivity contribution in [3.63, 3.8) is 0 Å². The molecule has 0 saturated heterocycles. The van der Waals surface area contributed by atoms with Crippen LogP contribution in [0.25, 0.3) is 0 Å². The largest absolute Gasteiger partial charge is 0.492 e. The third-order valence-electron chi connectivity index (χ3n) is 7.28. The van der Waals surface area contributed by atoms with Crippen LogP contribution in [-0.2, 0) is 27.2 Å². The van der Waals surface area contributed by atoms with Gasteiger partial charge in [0.2, 0.25) is 17.7 Å². The number of amides is 3. The van der Waals surface area contributed by atoms with E-state index in [-0.39, 0.29) is 23.8 Å². The first-order chi connectivity index (χ1) is 18.7. The molecule has 3 N–H and O–H groups in total. The number of benzene rings is 2. The first-order valence-corrected chi connectivity index (χ1v) is 13.5. The van der Waals surface area contributed by atoms with Gasteiger partial charge in [-0.25, -0.2) is 8.78 Å². The highest BCUT2D eigenvalue weighted by Gasteiger charge is 2.39. The van der Waals surface area contributed by atoms with Gasteiger partial charge in [-0.2, -0.15) is 0 Å². The molecule has 3 amide bonds. The minimum atomic E-state index is -1.09. The van der Waals surface area contributed by atoms with E-state index in [9.17, 15) is 23.2 Å². The number of carbonyl (C=O) groups excluding carboxylic acids is 3. The molecule has 210 valence electrons. The van der Waals surface area contributed by atoms with Gasteiger partial charge < -0.3 is 25.6 Å². The van der Waals surface area contributed by atoms with E-state index >= 15 is 0 Å². The Morgan fingerprint density at radius 2 is 1.72 bits per heavy atom. The minimum Gasteiger partial charge on any atom is -0.492 e. The number of aryl methyl sites for hydroxylation is 1. The highest BCUT2D eigenvalue weighted by molar-refractivity contribution is 5.93. The van der Waals surface area contributed by atoms with E-state index in [1.807, 2.05) is 24.3 Å². The molecule has 3 atom stereocenters. The van der Waals surface area contributed by atoms with Gasteiger partial charge >= 0.3 is 0 Å². The predicted octanol–water partition coefficient (Wildman–Crippen LogP) is 2.35. The maximum absolute atomic E-state index is 13.8. The molecule has 0 radical (unpaired) electrons. The van der Waals surface area contributed by atoms with Crippen molar-refractivity contribution in [3.8, 4) is 5.75 Å². The molecule has 2 aromatic rings. The first kappa shape index (κ1) is 28.5. The van der Waals surface area contributed by atoms with Crippen molar-refractivity contribution in [2.24, 2.45) is 5.92 Å². The van der Waals surface area contributed by atoms with Crippen LogP contribution in [0.5, 0.6) is 5.75 Å². The number of fused-ring (bicyclic) bond motifs is 1. The number of hydrogen-bond acceptors (Lipinski definition) is 5. The Morgan fingerprint density at radius 1 is 1.00 bits per heavy atom. The highest BCUT2D eigenvalue weighted by atomic mass is 19.1. The molecule has 0 unspecified atom stereocenters. The molecule has 10 heteroatoms. The number of hydrogen-bond donors (Lipinski definition) is 3. The van der Waals surface area contributed by atoms with E-state index in [1.165, 1.54) is 4.90 Å². The van der Waals surface area contributed by atoms with Crippen molar-refractivity contribution in [2.45, 2.75) is 57.2 Å². The number of ether oxygens (including phenoxy) is 1. The fourth-order valence-corrected chi connectivity index (χ4v) is 4.78. The molecule has 1 aliphatic carbocycles. The lowest BCUT2D eigenvalue weighted by molar-refractivity contribution is -0.141. The number of carbonyl (C=O) groups is 3. The van der Waals surface area contributed by atoms with Crippen molar-refractivity contribution in [3.05, 3.63) is 65.2 Å². The summed E-state index contributed by atoms with van der Waals surface area (Å²) in [5, 5.41) is 8.84. The fraction of sp³-hybridized carbons (Fsp3) is 0.483. The maximum atomic E-state index is 13.8. The lowest BCUT2D eigenvalue weighted by atomic mass is 10.0. The number of nitrogens with one attached hydrogen (secondary N) is 3. The van der Waals surface area contributed by atoms with Crippen LogP contribution in [0.15, 0.2) is 42.5 Å². The Kier molecular flexibility index (Phi) is 9.50. The second-order valence-electron chi connectivity index (χ2n) is 10.3. The molecule has 39 heavy (non-hydrogen) atoms. The molecular weight excluding hydrogens is 506 g/mol. The number of halogens is 2. The summed E-state index contributed by atoms with van der Waals surface area (Å²) in [6, 6.07) is 8.30. The number of rotatable bonds is 3. The number of likely N-dealkylation sites (N-methyl/N-ethyl adjacent to an activating group) is 1. The molecule has 4 rings (SSSR count). The van der Waals surface area contributed by atoms with Crippen LogP contribution in [0.4, 0.5) is 8.78 Å². The number of para-hydroxylation sites is 1. The van der Waals surface area contributed by atoms with E-state index in [2.05, 4.69) is 16.0 Å². The lowest BCUT2D eigenvalue weighted by Crippen LogP contribution is -2.56. The summed E-state index contributed by atoms with van der Waals surface area (Å²) in [7, 11) is 1.56. The summed E-state index contributed by atoms with van der Waals surface area (Å²) in [6.07, 6.45) is 3.01. The van der Waals surface area contributed by atoms with Crippen molar-refractivity contribution >= 4 is 17.7 Å². The Hall–Kier alpha value is -3.53. The molecule has 2 aliphatic rings. The normalized spacial score (nSPS) is 24.1. The van der Waals surface area contributed by atoms with Crippen molar-refractivity contribution in [1.29, 1.82) is 0 Å². The van der Waals surface area contributed by atoms with Crippen LogP contribution in [0.2, 0.25) is 0 Å². The summed E-state index contributed by atoms with van der Waals surface area (Å²) in [6.45, 7) is 2.77. The molecular formula is C29H36F2N4O4. The number of nitrogens with zero attached hydrogens (tertiary/aromatic N) is 1. The van der Waals surface area contributed by atoms with Crippen LogP contribution < -0.4 is 20.7 Å². The lowest BCUT2D eigenvalue weighted by Gasteiger charge is -2.30. The van der Waals surface area contributed by atoms with Gasteiger partial charge in [0.15, 0.2) is 0 Å². The Bertz CT molecular complexity index is 1170. The zero-order valence-electron chi connectivity index (χ0n) is 22.3. The van der Waals surface area contributed by atoms with Crippen LogP contribution >= 0.6 is 0 Å². The van der Waals surface area contributed by atoms with Gasteiger partial charge in [0.1, 0.15) is 36.1 Å². The van der Waals surface area contributed by atoms with E-state index in [0.717, 1.165) is 42.4 Å². The van der Waals surface area contributed by atoms with Gasteiger partial charge in [0.25, 0.3) is 0 Å². The molecule has 2 aromatic carbocycles. The molecule has 0 bridgehead atoms. The molecule has 1 heterocycles. The molecule has 0 aromatic heterocycles. The van der Waals surface area contributed by atoms with Gasteiger partial charge in [-0.1, -0.05) is 18.2 Å². The third-order valence-corrected chi connectivity index (χ3v) is 7.28. The summed E-state index contributed by atoms with van der Waals surface area (Å²) >= 11 is 0. The van der Waals surface area contributed by atoms with Crippen LogP contribution in [-0.4, -0.2) is 67.5 Å². The van der Waals surface area contributed by atoms with Crippen LogP contribution in [0, 0.1) is 17.6 Å². The Labute approximate surface area is 227 Å². The van der Waals surface area contributed by atoms with Crippen molar-refractivity contribution in [1.82, 2.24) is 20.9 Å². The average Bonchev–Trinajstić information content (AvgIpc) is 3.74. The molecule has 1 saturated carbocycles. The molecule has 0 spiro atoms. The summed E-state index contributed by atoms with van der Waals surface area (Å²) in [5.41, 5.74) is 1.23. The van der Waals surface area contributed by atoms with Crippen molar-refractivity contribution < 1.29 is 27.9 Å². The van der Waals surface area contributed by atoms with Gasteiger partial charge in [-0.05, 0) is 67.9 Å². The monoisotopic (exact) mass is 542 g/mol.